The van der Waals surface area contributed by atoms with Gasteiger partial charge in [-0.1, -0.05) is 16.8 Å². The monoisotopic (exact) mass is 247 g/mol. The molecule has 6 heteroatoms. The van der Waals surface area contributed by atoms with Crippen molar-refractivity contribution in [3.8, 4) is 0 Å². The molecule has 0 atom stereocenters. The van der Waals surface area contributed by atoms with Gasteiger partial charge in [0.2, 0.25) is 0 Å². The molecule has 0 fully saturated rings. The number of benzene rings is 1. The minimum absolute atomic E-state index is 0.129. The van der Waals surface area contributed by atoms with Crippen molar-refractivity contribution in [3.05, 3.63) is 45.4 Å². The van der Waals surface area contributed by atoms with E-state index >= 15 is 0 Å². The Balaban J connectivity index is 2.51. The van der Waals surface area contributed by atoms with Crippen molar-refractivity contribution in [2.75, 3.05) is 0 Å². The predicted octanol–water partition coefficient (Wildman–Crippen LogP) is -0.152. The summed E-state index contributed by atoms with van der Waals surface area (Å²) in [5, 5.41) is 14.2. The zero-order chi connectivity index (χ0) is 13.3. The van der Waals surface area contributed by atoms with Crippen LogP contribution in [0.5, 0.6) is 0 Å². The second-order valence-corrected chi connectivity index (χ2v) is 4.10. The summed E-state index contributed by atoms with van der Waals surface area (Å²) >= 11 is 0. The highest BCUT2D eigenvalue weighted by atomic mass is 16.5. The van der Waals surface area contributed by atoms with E-state index in [2.05, 4.69) is 14.8 Å². The molecular weight excluding hydrogens is 234 g/mol. The lowest BCUT2D eigenvalue weighted by Crippen LogP contribution is -2.43. The van der Waals surface area contributed by atoms with Crippen molar-refractivity contribution in [2.45, 2.75) is 13.8 Å². The average Bonchev–Trinajstić information content (AvgIpc) is 2.63. The van der Waals surface area contributed by atoms with Crippen LogP contribution in [0.4, 0.5) is 5.69 Å². The molecule has 0 aliphatic rings. The average molecular weight is 247 g/mol. The molecule has 0 aliphatic carbocycles. The van der Waals surface area contributed by atoms with E-state index in [0.717, 1.165) is 11.1 Å². The zero-order valence-electron chi connectivity index (χ0n) is 10.4. The maximum absolute atomic E-state index is 11.9. The summed E-state index contributed by atoms with van der Waals surface area (Å²) in [6.45, 7) is 3.76. The van der Waals surface area contributed by atoms with Crippen molar-refractivity contribution in [1.82, 2.24) is 5.27 Å². The number of aliphatic imine (C=N–C) groups is 1. The summed E-state index contributed by atoms with van der Waals surface area (Å²) in [5.41, 5.74) is 1.57. The van der Waals surface area contributed by atoms with Gasteiger partial charge in [-0.2, -0.15) is 0 Å². The van der Waals surface area contributed by atoms with Crippen molar-refractivity contribution < 1.29 is 14.3 Å². The Morgan fingerprint density at radius 2 is 2.17 bits per heavy atom. The van der Waals surface area contributed by atoms with Gasteiger partial charge in [0.1, 0.15) is 0 Å². The highest BCUT2D eigenvalue weighted by Crippen LogP contribution is 2.19. The smallest absolute Gasteiger partial charge is 0.435 e. The van der Waals surface area contributed by atoms with Crippen LogP contribution < -0.4 is 15.4 Å². The molecule has 0 unspecified atom stereocenters. The van der Waals surface area contributed by atoms with E-state index in [-0.39, 0.29) is 5.69 Å². The molecule has 0 saturated carbocycles. The Morgan fingerprint density at radius 1 is 1.44 bits per heavy atom. The van der Waals surface area contributed by atoms with Gasteiger partial charge in [0.05, 0.1) is 11.6 Å². The van der Waals surface area contributed by atoms with Gasteiger partial charge >= 0.3 is 11.3 Å². The lowest BCUT2D eigenvalue weighted by Gasteiger charge is -2.06. The minimum Gasteiger partial charge on any atom is -0.854 e. The number of hydrogen-bond acceptors (Lipinski definition) is 4. The Morgan fingerprint density at radius 3 is 2.78 bits per heavy atom. The first-order valence-corrected chi connectivity index (χ1v) is 5.40. The molecule has 1 heterocycles. The minimum atomic E-state index is -0.725. The number of nitrogens with zero attached hydrogens (tertiary/aromatic N) is 2. The summed E-state index contributed by atoms with van der Waals surface area (Å²) in [6.07, 6.45) is 0. The van der Waals surface area contributed by atoms with E-state index in [1.54, 1.807) is 6.07 Å². The first-order chi connectivity index (χ1) is 8.49. The number of aryl methyl sites for hydroxylation is 3. The van der Waals surface area contributed by atoms with Gasteiger partial charge in [0, 0.05) is 0 Å². The molecule has 0 radical (unpaired) electrons. The lowest BCUT2D eigenvalue weighted by atomic mass is 10.1. The third kappa shape index (κ3) is 2.17. The van der Waals surface area contributed by atoms with E-state index in [0.29, 0.717) is 5.69 Å². The van der Waals surface area contributed by atoms with E-state index in [1.807, 2.05) is 26.0 Å². The van der Waals surface area contributed by atoms with Crippen LogP contribution in [0, 0.1) is 13.8 Å². The second-order valence-electron chi connectivity index (χ2n) is 4.10. The topological polar surface area (TPSA) is 85.3 Å². The summed E-state index contributed by atoms with van der Waals surface area (Å²) in [7, 11) is 1.51. The SMILES string of the molecule is Cc1ccc(C)c(N=C([O-])c2c(=O)o[nH][n+]2C)c1. The van der Waals surface area contributed by atoms with Crippen molar-refractivity contribution >= 4 is 11.6 Å². The van der Waals surface area contributed by atoms with Gasteiger partial charge in [0.25, 0.3) is 0 Å². The maximum Gasteiger partial charge on any atom is 0.435 e. The molecule has 94 valence electrons. The van der Waals surface area contributed by atoms with Crippen LogP contribution in [0.15, 0.2) is 32.5 Å². The molecule has 0 bridgehead atoms. The molecule has 0 amide bonds. The number of hydrogen-bond donors (Lipinski definition) is 1. The highest BCUT2D eigenvalue weighted by Gasteiger charge is 2.17. The fraction of sp³-hybridized carbons (Fsp3) is 0.250. The van der Waals surface area contributed by atoms with Gasteiger partial charge in [0.15, 0.2) is 7.05 Å². The quantitative estimate of drug-likeness (QED) is 0.455. The summed E-state index contributed by atoms with van der Waals surface area (Å²) < 4.78 is 5.72. The zero-order valence-corrected chi connectivity index (χ0v) is 10.4. The van der Waals surface area contributed by atoms with Crippen LogP contribution >= 0.6 is 0 Å². The number of aromatic nitrogens is 2. The normalized spacial score (nSPS) is 11.8. The van der Waals surface area contributed by atoms with Crippen LogP contribution in [0.25, 0.3) is 0 Å². The molecule has 6 nitrogen and oxygen atoms in total. The number of rotatable bonds is 2. The predicted molar refractivity (Wildman–Crippen MR) is 62.6 cm³/mol. The standard InChI is InChI=1S/C12H13N3O3/c1-7-4-5-8(2)9(6-7)13-11(16)10-12(17)18-14-15(10)3/h4-6H,1-3H3,(H-,13,14,16,17). The van der Waals surface area contributed by atoms with Gasteiger partial charge in [-0.05, 0) is 36.3 Å². The number of H-pyrrole nitrogens is 1. The molecule has 18 heavy (non-hydrogen) atoms. The second kappa shape index (κ2) is 4.48. The van der Waals surface area contributed by atoms with Crippen LogP contribution in [0.2, 0.25) is 0 Å². The molecule has 1 N–H and O–H groups in total. The van der Waals surface area contributed by atoms with Crippen molar-refractivity contribution in [1.29, 1.82) is 0 Å². The molecule has 0 spiro atoms. The summed E-state index contributed by atoms with van der Waals surface area (Å²) in [5.74, 6) is -0.624. The molecular formula is C12H13N3O3. The molecule has 0 aliphatic heterocycles. The fourth-order valence-electron chi connectivity index (χ4n) is 1.57. The first kappa shape index (κ1) is 12.1. The molecule has 1 aromatic heterocycles. The highest BCUT2D eigenvalue weighted by molar-refractivity contribution is 5.88. The third-order valence-corrected chi connectivity index (χ3v) is 2.59. The first-order valence-electron chi connectivity index (χ1n) is 5.40. The van der Waals surface area contributed by atoms with Gasteiger partial charge in [-0.3, -0.25) is 9.52 Å². The Kier molecular flexibility index (Phi) is 3.01. The molecule has 0 saturated heterocycles. The van der Waals surface area contributed by atoms with E-state index in [9.17, 15) is 9.90 Å². The molecule has 1 aromatic carbocycles. The summed E-state index contributed by atoms with van der Waals surface area (Å²) in [4.78, 5) is 15.3. The van der Waals surface area contributed by atoms with E-state index in [4.69, 9.17) is 0 Å². The Labute approximate surface area is 103 Å². The van der Waals surface area contributed by atoms with Crippen LogP contribution in [0.1, 0.15) is 16.8 Å². The third-order valence-electron chi connectivity index (χ3n) is 2.59. The Hall–Kier alpha value is -2.37. The number of nitrogens with one attached hydrogen (secondary N) is 1. The number of aromatic amines is 1. The van der Waals surface area contributed by atoms with Crippen molar-refractivity contribution in [2.24, 2.45) is 12.0 Å². The Bertz CT molecular complexity index is 667. The van der Waals surface area contributed by atoms with E-state index < -0.39 is 11.5 Å². The van der Waals surface area contributed by atoms with Crippen LogP contribution in [-0.4, -0.2) is 11.2 Å². The van der Waals surface area contributed by atoms with Crippen LogP contribution in [0.3, 0.4) is 0 Å². The van der Waals surface area contributed by atoms with Gasteiger partial charge < -0.3 is 5.11 Å². The van der Waals surface area contributed by atoms with Gasteiger partial charge in [-0.25, -0.2) is 4.79 Å². The van der Waals surface area contributed by atoms with Gasteiger partial charge in [-0.15, -0.1) is 0 Å². The maximum atomic E-state index is 11.9. The molecule has 2 aromatic rings. The summed E-state index contributed by atoms with van der Waals surface area (Å²) in [6, 6.07) is 5.60. The lowest BCUT2D eigenvalue weighted by molar-refractivity contribution is -0.742. The fourth-order valence-corrected chi connectivity index (χ4v) is 1.57. The van der Waals surface area contributed by atoms with Crippen molar-refractivity contribution in [3.63, 3.8) is 0 Å². The van der Waals surface area contributed by atoms with Crippen LogP contribution in [-0.2, 0) is 7.05 Å². The largest absolute Gasteiger partial charge is 0.854 e. The van der Waals surface area contributed by atoms with E-state index in [1.165, 1.54) is 11.7 Å². The molecule has 2 rings (SSSR count).